The molecule has 0 heterocycles. The molecule has 0 aromatic carbocycles. The fourth-order valence-electron chi connectivity index (χ4n) is 3.03. The van der Waals surface area contributed by atoms with E-state index >= 15 is 0 Å². The second-order valence-corrected chi connectivity index (χ2v) is 13.9. The molecule has 38 heavy (non-hydrogen) atoms. The van der Waals surface area contributed by atoms with Gasteiger partial charge >= 0.3 is 36.4 Å². The van der Waals surface area contributed by atoms with Gasteiger partial charge in [0, 0.05) is 49.4 Å². The molecule has 16 nitrogen and oxygen atoms in total. The van der Waals surface area contributed by atoms with Crippen molar-refractivity contribution >= 4 is 36.4 Å². The minimum absolute atomic E-state index is 0.0193. The molecule has 0 aromatic heterocycles. The number of carboxylic acid groups (broad SMARTS) is 1. The average molecular weight is 626 g/mol. The van der Waals surface area contributed by atoms with Gasteiger partial charge in [-0.2, -0.15) is 0 Å². The summed E-state index contributed by atoms with van der Waals surface area (Å²) < 4.78 is 44.1. The lowest BCUT2D eigenvalue weighted by molar-refractivity contribution is -0.143. The first kappa shape index (κ1) is 37.0. The zero-order valence-corrected chi connectivity index (χ0v) is 23.7. The molecule has 0 radical (unpaired) electrons. The Labute approximate surface area is 219 Å². The van der Waals surface area contributed by atoms with E-state index in [0.29, 0.717) is 29.7 Å². The Kier molecular flexibility index (Phi) is 16.4. The van der Waals surface area contributed by atoms with Crippen LogP contribution in [0.25, 0.3) is 0 Å². The van der Waals surface area contributed by atoms with Crippen molar-refractivity contribution in [3.63, 3.8) is 0 Å². The molecule has 0 aliphatic carbocycles. The van der Waals surface area contributed by atoms with E-state index in [1.54, 1.807) is 4.90 Å². The standard InChI is InChI=1S/C18H34N2O14P4/c21-18(22)17(20(11-5-15-37(29,30)31)12-6-16-38(32,33)34)7-1-2-8-19(9-3-13-35(23,24)25)10-4-14-36(26,27)28/h3-6,13-17H,1-2,7-12H2,(H,21,22)(H2,23,24,25)(H2,26,27,28)(H2,29,30,31)(H2,32,33,34)/t17-/m0/s1. The topological polar surface area (TPSA) is 274 Å². The smallest absolute Gasteiger partial charge is 0.348 e. The number of rotatable bonds is 19. The van der Waals surface area contributed by atoms with Crippen LogP contribution < -0.4 is 0 Å². The summed E-state index contributed by atoms with van der Waals surface area (Å²) in [5, 5.41) is 9.68. The number of aliphatic carboxylic acids is 1. The Morgan fingerprint density at radius 1 is 0.605 bits per heavy atom. The molecule has 0 saturated heterocycles. The molecule has 0 fully saturated rings. The van der Waals surface area contributed by atoms with Gasteiger partial charge in [-0.1, -0.05) is 30.7 Å². The molecule has 0 spiro atoms. The van der Waals surface area contributed by atoms with E-state index in [1.807, 2.05) is 0 Å². The summed E-state index contributed by atoms with van der Waals surface area (Å²) in [5.74, 6) is 1.24. The lowest BCUT2D eigenvalue weighted by Crippen LogP contribution is -2.41. The first-order valence-electron chi connectivity index (χ1n) is 10.8. The van der Waals surface area contributed by atoms with Crippen molar-refractivity contribution in [2.45, 2.75) is 25.3 Å². The fraction of sp³-hybridized carbons (Fsp3) is 0.500. The number of hydrogen-bond acceptors (Lipinski definition) is 7. The van der Waals surface area contributed by atoms with Gasteiger partial charge < -0.3 is 44.3 Å². The third-order valence-corrected chi connectivity index (χ3v) is 6.93. The monoisotopic (exact) mass is 626 g/mol. The predicted octanol–water partition coefficient (Wildman–Crippen LogP) is 0.979. The van der Waals surface area contributed by atoms with Crippen LogP contribution in [-0.2, 0) is 23.1 Å². The molecule has 0 aromatic rings. The molecule has 0 unspecified atom stereocenters. The second kappa shape index (κ2) is 16.9. The average Bonchev–Trinajstić information content (AvgIpc) is 2.68. The molecule has 0 saturated carbocycles. The van der Waals surface area contributed by atoms with Crippen LogP contribution in [0.4, 0.5) is 0 Å². The van der Waals surface area contributed by atoms with E-state index in [0.717, 1.165) is 12.2 Å². The number of nitrogens with zero attached hydrogens (tertiary/aromatic N) is 2. The van der Waals surface area contributed by atoms with Gasteiger partial charge in [0.05, 0.1) is 0 Å². The van der Waals surface area contributed by atoms with Gasteiger partial charge in [0.1, 0.15) is 6.04 Å². The number of carbonyl (C=O) groups is 1. The van der Waals surface area contributed by atoms with Crippen molar-refractivity contribution in [1.82, 2.24) is 9.80 Å². The molecule has 0 amide bonds. The summed E-state index contributed by atoms with van der Waals surface area (Å²) in [6, 6.07) is -1.20. The summed E-state index contributed by atoms with van der Waals surface area (Å²) in [4.78, 5) is 86.3. The summed E-state index contributed by atoms with van der Waals surface area (Å²) in [6.45, 7) is -0.212. The summed E-state index contributed by atoms with van der Waals surface area (Å²) in [5.41, 5.74) is 0. The minimum Gasteiger partial charge on any atom is -0.480 e. The molecule has 1 atom stereocenters. The Hall–Kier alpha value is -1.05. The molecular weight excluding hydrogens is 592 g/mol. The maximum Gasteiger partial charge on any atom is 0.348 e. The molecule has 20 heteroatoms. The molecule has 0 aliphatic rings. The number of hydrogen-bond donors (Lipinski definition) is 9. The van der Waals surface area contributed by atoms with Crippen molar-refractivity contribution in [2.75, 3.05) is 32.7 Å². The Bertz CT molecular complexity index is 983. The highest BCUT2D eigenvalue weighted by molar-refractivity contribution is 7.56. The predicted molar refractivity (Wildman–Crippen MR) is 138 cm³/mol. The molecule has 0 bridgehead atoms. The quantitative estimate of drug-likeness (QED) is 0.0714. The van der Waals surface area contributed by atoms with Crippen LogP contribution in [0.3, 0.4) is 0 Å². The van der Waals surface area contributed by atoms with E-state index in [4.69, 9.17) is 39.1 Å². The molecule has 9 N–H and O–H groups in total. The maximum atomic E-state index is 11.9. The summed E-state index contributed by atoms with van der Waals surface area (Å²) in [7, 11) is -17.9. The number of carboxylic acids is 1. The van der Waals surface area contributed by atoms with Gasteiger partial charge in [-0.15, -0.1) is 0 Å². The van der Waals surface area contributed by atoms with Crippen LogP contribution >= 0.6 is 30.4 Å². The van der Waals surface area contributed by atoms with Crippen molar-refractivity contribution < 1.29 is 67.3 Å². The van der Waals surface area contributed by atoms with E-state index < -0.39 is 42.4 Å². The maximum absolute atomic E-state index is 11.9. The zero-order chi connectivity index (χ0) is 29.6. The lowest BCUT2D eigenvalue weighted by atomic mass is 10.1. The van der Waals surface area contributed by atoms with Gasteiger partial charge in [0.2, 0.25) is 0 Å². The third-order valence-electron chi connectivity index (χ3n) is 4.53. The van der Waals surface area contributed by atoms with Gasteiger partial charge in [-0.25, -0.2) is 0 Å². The van der Waals surface area contributed by atoms with Gasteiger partial charge in [-0.3, -0.25) is 32.9 Å². The van der Waals surface area contributed by atoms with E-state index in [2.05, 4.69) is 0 Å². The molecule has 0 aliphatic heterocycles. The molecular formula is C18H34N2O14P4. The second-order valence-electron chi connectivity index (χ2n) is 7.96. The Morgan fingerprint density at radius 3 is 1.26 bits per heavy atom. The highest BCUT2D eigenvalue weighted by atomic mass is 31.2. The first-order valence-corrected chi connectivity index (χ1v) is 17.5. The van der Waals surface area contributed by atoms with Crippen LogP contribution in [0.1, 0.15) is 19.3 Å². The first-order chi connectivity index (χ1) is 17.2. The minimum atomic E-state index is -4.52. The van der Waals surface area contributed by atoms with E-state index in [-0.39, 0.29) is 45.6 Å². The van der Waals surface area contributed by atoms with Crippen molar-refractivity contribution in [3.05, 3.63) is 47.6 Å². The molecule has 220 valence electrons. The normalized spacial score (nSPS) is 15.2. The van der Waals surface area contributed by atoms with Crippen LogP contribution in [0, 0.1) is 0 Å². The van der Waals surface area contributed by atoms with Crippen molar-refractivity contribution in [1.29, 1.82) is 0 Å². The Balaban J connectivity index is 5.39. The highest BCUT2D eigenvalue weighted by Crippen LogP contribution is 2.37. The summed E-state index contributed by atoms with van der Waals surface area (Å²) in [6.07, 6.45) is 5.12. The van der Waals surface area contributed by atoms with Crippen LogP contribution in [0.5, 0.6) is 0 Å². The zero-order valence-electron chi connectivity index (χ0n) is 20.1. The van der Waals surface area contributed by atoms with E-state index in [1.165, 1.54) is 17.1 Å². The highest BCUT2D eigenvalue weighted by Gasteiger charge is 2.24. The van der Waals surface area contributed by atoms with Crippen LogP contribution in [-0.4, -0.2) is 98.8 Å². The van der Waals surface area contributed by atoms with Gasteiger partial charge in [-0.05, 0) is 19.4 Å². The summed E-state index contributed by atoms with van der Waals surface area (Å²) >= 11 is 0. The SMILES string of the molecule is O=C(O)[C@H](CCCCN(CC=CP(=O)(O)O)CC=CP(=O)(O)O)N(CC=CP(=O)(O)O)CC=CP(=O)(O)O. The Morgan fingerprint density at radius 2 is 0.947 bits per heavy atom. The fourth-order valence-corrected chi connectivity index (χ4v) is 4.50. The molecule has 0 rings (SSSR count). The van der Waals surface area contributed by atoms with E-state index in [9.17, 15) is 28.2 Å². The van der Waals surface area contributed by atoms with Crippen molar-refractivity contribution in [3.8, 4) is 0 Å². The third kappa shape index (κ3) is 22.9. The van der Waals surface area contributed by atoms with Crippen molar-refractivity contribution in [2.24, 2.45) is 0 Å². The van der Waals surface area contributed by atoms with Gasteiger partial charge in [0.25, 0.3) is 0 Å². The van der Waals surface area contributed by atoms with Crippen LogP contribution in [0.2, 0.25) is 0 Å². The van der Waals surface area contributed by atoms with Gasteiger partial charge in [0.15, 0.2) is 0 Å². The van der Waals surface area contributed by atoms with Crippen LogP contribution in [0.15, 0.2) is 47.6 Å². The number of unbranched alkanes of at least 4 members (excludes halogenated alkanes) is 1. The largest absolute Gasteiger partial charge is 0.480 e. The lowest BCUT2D eigenvalue weighted by Gasteiger charge is -2.27.